The van der Waals surface area contributed by atoms with Crippen molar-refractivity contribution in [1.82, 2.24) is 4.90 Å². The van der Waals surface area contributed by atoms with E-state index in [1.807, 2.05) is 0 Å². The molecule has 7 heteroatoms. The molecule has 1 aliphatic rings. The van der Waals surface area contributed by atoms with Crippen LogP contribution in [0.15, 0.2) is 59.5 Å². The standard InChI is InChI=1S/C20H15N3O4/c1-11-12-6-2-3-7-13(12)20(26)23(11)10-16(24)22-17-14-8-4-5-9-15(14)27-18(17)19(21)25/h2-9H,1,10H2,(H2,21,25)(H,22,24). The van der Waals surface area contributed by atoms with Crippen molar-refractivity contribution in [2.45, 2.75) is 0 Å². The quantitative estimate of drug-likeness (QED) is 0.745. The lowest BCUT2D eigenvalue weighted by Crippen LogP contribution is -2.33. The van der Waals surface area contributed by atoms with Crippen LogP contribution in [0.5, 0.6) is 0 Å². The Labute approximate surface area is 154 Å². The lowest BCUT2D eigenvalue weighted by Gasteiger charge is -2.16. The highest BCUT2D eigenvalue weighted by Gasteiger charge is 2.32. The van der Waals surface area contributed by atoms with Crippen LogP contribution in [-0.2, 0) is 4.79 Å². The van der Waals surface area contributed by atoms with Crippen molar-refractivity contribution in [3.8, 4) is 0 Å². The van der Waals surface area contributed by atoms with E-state index in [2.05, 4.69) is 11.9 Å². The summed E-state index contributed by atoms with van der Waals surface area (Å²) in [6, 6.07) is 13.9. The van der Waals surface area contributed by atoms with Crippen molar-refractivity contribution in [1.29, 1.82) is 0 Å². The molecule has 0 bridgehead atoms. The molecule has 3 aromatic rings. The van der Waals surface area contributed by atoms with Gasteiger partial charge >= 0.3 is 0 Å². The number of nitrogens with two attached hydrogens (primary N) is 1. The van der Waals surface area contributed by atoms with Crippen molar-refractivity contribution in [2.75, 3.05) is 11.9 Å². The number of nitrogens with one attached hydrogen (secondary N) is 1. The van der Waals surface area contributed by atoms with Crippen molar-refractivity contribution in [2.24, 2.45) is 5.73 Å². The van der Waals surface area contributed by atoms with E-state index in [-0.39, 0.29) is 23.9 Å². The van der Waals surface area contributed by atoms with Crippen molar-refractivity contribution >= 4 is 40.1 Å². The van der Waals surface area contributed by atoms with E-state index >= 15 is 0 Å². The zero-order valence-electron chi connectivity index (χ0n) is 14.2. The molecule has 134 valence electrons. The summed E-state index contributed by atoms with van der Waals surface area (Å²) in [6.45, 7) is 3.66. The molecule has 0 aliphatic carbocycles. The van der Waals surface area contributed by atoms with Crippen LogP contribution in [0, 0.1) is 0 Å². The van der Waals surface area contributed by atoms with E-state index in [1.54, 1.807) is 48.5 Å². The predicted octanol–water partition coefficient (Wildman–Crippen LogP) is 2.60. The minimum Gasteiger partial charge on any atom is -0.449 e. The molecule has 3 N–H and O–H groups in total. The highest BCUT2D eigenvalue weighted by atomic mass is 16.3. The molecule has 7 nitrogen and oxygen atoms in total. The fourth-order valence-electron chi connectivity index (χ4n) is 3.17. The Balaban J connectivity index is 1.60. The van der Waals surface area contributed by atoms with E-state index in [0.717, 1.165) is 0 Å². The number of primary amides is 1. The fraction of sp³-hybridized carbons (Fsp3) is 0.0500. The second kappa shape index (κ2) is 6.14. The van der Waals surface area contributed by atoms with Gasteiger partial charge in [-0.1, -0.05) is 36.9 Å². The van der Waals surface area contributed by atoms with Gasteiger partial charge in [0.15, 0.2) is 0 Å². The van der Waals surface area contributed by atoms with Crippen molar-refractivity contribution in [3.63, 3.8) is 0 Å². The van der Waals surface area contributed by atoms with Crippen LogP contribution in [0.4, 0.5) is 5.69 Å². The summed E-state index contributed by atoms with van der Waals surface area (Å²) in [7, 11) is 0. The summed E-state index contributed by atoms with van der Waals surface area (Å²) >= 11 is 0. The number of para-hydroxylation sites is 1. The Kier molecular flexibility index (Phi) is 3.77. The molecule has 2 heterocycles. The fourth-order valence-corrected chi connectivity index (χ4v) is 3.17. The second-order valence-corrected chi connectivity index (χ2v) is 6.10. The third kappa shape index (κ3) is 2.65. The maximum atomic E-state index is 12.6. The second-order valence-electron chi connectivity index (χ2n) is 6.10. The Morgan fingerprint density at radius 1 is 1.07 bits per heavy atom. The van der Waals surface area contributed by atoms with Gasteiger partial charge in [0.1, 0.15) is 17.8 Å². The van der Waals surface area contributed by atoms with E-state index in [4.69, 9.17) is 10.2 Å². The van der Waals surface area contributed by atoms with Crippen LogP contribution in [0.1, 0.15) is 26.5 Å². The number of rotatable bonds is 4. The molecule has 0 radical (unpaired) electrons. The Morgan fingerprint density at radius 3 is 2.44 bits per heavy atom. The largest absolute Gasteiger partial charge is 0.449 e. The lowest BCUT2D eigenvalue weighted by molar-refractivity contribution is -0.116. The number of fused-ring (bicyclic) bond motifs is 2. The Morgan fingerprint density at radius 2 is 1.74 bits per heavy atom. The Bertz CT molecular complexity index is 1090. The number of nitrogens with zero attached hydrogens (tertiary/aromatic N) is 1. The van der Waals surface area contributed by atoms with Gasteiger partial charge in [-0.25, -0.2) is 0 Å². The first-order valence-corrected chi connectivity index (χ1v) is 8.18. The number of furan rings is 1. The molecule has 3 amide bonds. The summed E-state index contributed by atoms with van der Waals surface area (Å²) in [5.74, 6) is -1.72. The van der Waals surface area contributed by atoms with E-state index in [1.165, 1.54) is 4.90 Å². The zero-order valence-corrected chi connectivity index (χ0v) is 14.2. The molecule has 0 atom stereocenters. The highest BCUT2D eigenvalue weighted by molar-refractivity contribution is 6.13. The SMILES string of the molecule is C=C1c2ccccc2C(=O)N1CC(=O)Nc1c(C(N)=O)oc2ccccc12. The third-order valence-electron chi connectivity index (χ3n) is 4.42. The summed E-state index contributed by atoms with van der Waals surface area (Å²) in [6.07, 6.45) is 0. The number of hydrogen-bond acceptors (Lipinski definition) is 4. The van der Waals surface area contributed by atoms with E-state index in [0.29, 0.717) is 27.8 Å². The van der Waals surface area contributed by atoms with Gasteiger partial charge in [0.25, 0.3) is 11.8 Å². The number of amides is 3. The number of carbonyl (C=O) groups is 3. The normalized spacial score (nSPS) is 13.1. The maximum absolute atomic E-state index is 12.6. The molecular weight excluding hydrogens is 346 g/mol. The number of anilines is 1. The summed E-state index contributed by atoms with van der Waals surface area (Å²) < 4.78 is 5.44. The smallest absolute Gasteiger partial charge is 0.286 e. The molecule has 0 saturated carbocycles. The molecule has 4 rings (SSSR count). The van der Waals surface area contributed by atoms with Crippen molar-refractivity contribution in [3.05, 3.63) is 72.0 Å². The van der Waals surface area contributed by atoms with Crippen molar-refractivity contribution < 1.29 is 18.8 Å². The van der Waals surface area contributed by atoms with Crippen LogP contribution in [0.2, 0.25) is 0 Å². The average Bonchev–Trinajstić information content (AvgIpc) is 3.14. The predicted molar refractivity (Wildman–Crippen MR) is 99.9 cm³/mol. The molecule has 0 saturated heterocycles. The molecule has 0 unspecified atom stereocenters. The van der Waals surface area contributed by atoms with Crippen LogP contribution >= 0.6 is 0 Å². The van der Waals surface area contributed by atoms with E-state index < -0.39 is 11.8 Å². The van der Waals surface area contributed by atoms with Crippen LogP contribution < -0.4 is 11.1 Å². The lowest BCUT2D eigenvalue weighted by atomic mass is 10.1. The minimum absolute atomic E-state index is 0.139. The van der Waals surface area contributed by atoms with Gasteiger partial charge in [-0.2, -0.15) is 0 Å². The van der Waals surface area contributed by atoms with Gasteiger partial charge in [-0.15, -0.1) is 0 Å². The van der Waals surface area contributed by atoms with Gasteiger partial charge in [-0.3, -0.25) is 19.3 Å². The maximum Gasteiger partial charge on any atom is 0.286 e. The monoisotopic (exact) mass is 361 g/mol. The topological polar surface area (TPSA) is 106 Å². The average molecular weight is 361 g/mol. The summed E-state index contributed by atoms with van der Waals surface area (Å²) in [5.41, 5.74) is 7.63. The number of hydrogen-bond donors (Lipinski definition) is 2. The van der Waals surface area contributed by atoms with Crippen LogP contribution in [0.25, 0.3) is 16.7 Å². The Hall–Kier alpha value is -3.87. The number of benzene rings is 2. The van der Waals surface area contributed by atoms with Gasteiger partial charge in [-0.05, 0) is 18.2 Å². The van der Waals surface area contributed by atoms with Gasteiger partial charge < -0.3 is 15.5 Å². The van der Waals surface area contributed by atoms with Gasteiger partial charge in [0.05, 0.1) is 0 Å². The molecular formula is C20H15N3O4. The third-order valence-corrected chi connectivity index (χ3v) is 4.42. The van der Waals surface area contributed by atoms with Crippen LogP contribution in [0.3, 0.4) is 0 Å². The molecule has 2 aromatic carbocycles. The first-order chi connectivity index (χ1) is 13.0. The van der Waals surface area contributed by atoms with Gasteiger partial charge in [0, 0.05) is 22.2 Å². The molecule has 27 heavy (non-hydrogen) atoms. The summed E-state index contributed by atoms with van der Waals surface area (Å²) in [5, 5.41) is 3.19. The van der Waals surface area contributed by atoms with Gasteiger partial charge in [0.2, 0.25) is 11.7 Å². The first kappa shape index (κ1) is 16.6. The zero-order chi connectivity index (χ0) is 19.1. The molecule has 1 aliphatic heterocycles. The van der Waals surface area contributed by atoms with E-state index in [9.17, 15) is 14.4 Å². The molecule has 0 fully saturated rings. The number of carbonyl (C=O) groups excluding carboxylic acids is 3. The van der Waals surface area contributed by atoms with Crippen LogP contribution in [-0.4, -0.2) is 29.2 Å². The summed E-state index contributed by atoms with van der Waals surface area (Å²) in [4.78, 5) is 38.1. The molecule has 1 aromatic heterocycles. The highest BCUT2D eigenvalue weighted by Crippen LogP contribution is 2.32. The first-order valence-electron chi connectivity index (χ1n) is 8.18. The minimum atomic E-state index is -0.796. The molecule has 0 spiro atoms.